The van der Waals surface area contributed by atoms with Gasteiger partial charge in [0.05, 0.1) is 23.8 Å². The second-order valence-corrected chi connectivity index (χ2v) is 15.9. The Kier molecular flexibility index (Phi) is 12.2. The van der Waals surface area contributed by atoms with Crippen LogP contribution in [0, 0.1) is 22.7 Å². The molecule has 0 saturated carbocycles. The van der Waals surface area contributed by atoms with Crippen LogP contribution in [0.4, 0.5) is 0 Å². The predicted octanol–water partition coefficient (Wildman–Crippen LogP) is 7.50. The van der Waals surface area contributed by atoms with Crippen molar-refractivity contribution in [2.24, 2.45) is 0 Å². The fourth-order valence-corrected chi connectivity index (χ4v) is 8.42. The first-order valence-electron chi connectivity index (χ1n) is 20.7. The molecule has 312 valence electrons. The third-order valence-corrected chi connectivity index (χ3v) is 11.7. The van der Waals surface area contributed by atoms with Gasteiger partial charge in [-0.05, 0) is 119 Å². The molecule has 0 amide bonds. The Hall–Kier alpha value is -6.42. The van der Waals surface area contributed by atoms with Crippen molar-refractivity contribution >= 4 is 0 Å². The van der Waals surface area contributed by atoms with Gasteiger partial charge in [-0.25, -0.2) is 0 Å². The number of hydrogen-bond acceptors (Lipinski definition) is 14. The maximum Gasteiger partial charge on any atom is 0.258 e. The second-order valence-electron chi connectivity index (χ2n) is 15.9. The number of ether oxygens (including phenoxy) is 2. The average molecular weight is 820 g/mol. The molecule has 2 heterocycles. The van der Waals surface area contributed by atoms with Gasteiger partial charge in [0, 0.05) is 54.0 Å². The molecule has 2 N–H and O–H groups in total. The average Bonchev–Trinajstić information content (AvgIpc) is 4.11. The normalized spacial score (nSPS) is 16.1. The van der Waals surface area contributed by atoms with E-state index in [-0.39, 0.29) is 31.0 Å². The van der Waals surface area contributed by atoms with Crippen molar-refractivity contribution in [3.63, 3.8) is 0 Å². The van der Waals surface area contributed by atoms with E-state index in [9.17, 15) is 15.6 Å². The van der Waals surface area contributed by atoms with E-state index in [2.05, 4.69) is 49.7 Å². The lowest BCUT2D eigenvalue weighted by atomic mass is 10.0. The zero-order chi connectivity index (χ0) is 42.6. The first-order chi connectivity index (χ1) is 29.6. The molecule has 0 saturated heterocycles. The standard InChI is InChI=1S/C47H49N9O5/c1-28(2)58-42-18-12-30(24-32(42)26-48)46-51-44(53-60-46)38-10-6-8-36-34(38)14-16-40(36)50-20-21-55(4)29(3)59-43-19-13-31(25-33(43)27-49)47-52-45(54-61-47)39-11-7-9-37-35(39)15-17-41(37)56(5)22-23-57/h6-13,18-19,24-25,28-29,40-41,50,57H,14-17,20-23H2,1-5H3. The molecule has 4 aromatic carbocycles. The van der Waals surface area contributed by atoms with Crippen molar-refractivity contribution in [3.8, 4) is 69.3 Å². The van der Waals surface area contributed by atoms with Crippen molar-refractivity contribution in [2.75, 3.05) is 40.3 Å². The molecule has 6 aromatic rings. The molecule has 0 spiro atoms. The van der Waals surface area contributed by atoms with E-state index in [1.165, 1.54) is 22.3 Å². The maximum absolute atomic E-state index is 10.1. The first kappa shape index (κ1) is 41.3. The molecule has 0 aliphatic heterocycles. The minimum Gasteiger partial charge on any atom is -0.490 e. The third kappa shape index (κ3) is 8.62. The lowest BCUT2D eigenvalue weighted by molar-refractivity contribution is 0.0607. The lowest BCUT2D eigenvalue weighted by Crippen LogP contribution is -2.39. The lowest BCUT2D eigenvalue weighted by Gasteiger charge is -2.26. The molecule has 14 nitrogen and oxygen atoms in total. The SMILES string of the molecule is CC(C)Oc1ccc(-c2nc(-c3cccc4c3CCC4NCCN(C)C(C)Oc3ccc(-c4nc(-c5cccc6c5CCC6N(C)CCO)no4)cc3C#N)no2)cc1C#N. The molecule has 0 radical (unpaired) electrons. The molecular weight excluding hydrogens is 771 g/mol. The molecule has 3 atom stereocenters. The number of hydrogen-bond donors (Lipinski definition) is 2. The van der Waals surface area contributed by atoms with Crippen molar-refractivity contribution in [1.82, 2.24) is 35.4 Å². The van der Waals surface area contributed by atoms with Crippen molar-refractivity contribution in [1.29, 1.82) is 10.5 Å². The highest BCUT2D eigenvalue weighted by Crippen LogP contribution is 2.41. The number of fused-ring (bicyclic) bond motifs is 2. The summed E-state index contributed by atoms with van der Waals surface area (Å²) in [5.74, 6) is 2.69. The van der Waals surface area contributed by atoms with Gasteiger partial charge in [-0.3, -0.25) is 9.80 Å². The number of rotatable bonds is 16. The highest BCUT2D eigenvalue weighted by atomic mass is 16.5. The summed E-state index contributed by atoms with van der Waals surface area (Å²) in [6.07, 6.45) is 3.30. The van der Waals surface area contributed by atoms with Crippen LogP contribution in [0.15, 0.2) is 81.8 Å². The Morgan fingerprint density at radius 1 is 0.770 bits per heavy atom. The molecule has 2 aliphatic carbocycles. The Balaban J connectivity index is 0.872. The molecule has 14 heteroatoms. The molecule has 8 rings (SSSR count). The number of benzene rings is 4. The Bertz CT molecular complexity index is 2610. The van der Waals surface area contributed by atoms with E-state index in [1.807, 2.05) is 71.3 Å². The van der Waals surface area contributed by atoms with Crippen LogP contribution in [-0.4, -0.2) is 87.9 Å². The summed E-state index contributed by atoms with van der Waals surface area (Å²) < 4.78 is 23.5. The van der Waals surface area contributed by atoms with E-state index in [0.29, 0.717) is 70.3 Å². The van der Waals surface area contributed by atoms with E-state index in [0.717, 1.165) is 43.4 Å². The first-order valence-corrected chi connectivity index (χ1v) is 20.7. The van der Waals surface area contributed by atoms with Crippen molar-refractivity contribution in [2.45, 2.75) is 70.9 Å². The number of nitrogens with zero attached hydrogens (tertiary/aromatic N) is 8. The van der Waals surface area contributed by atoms with Gasteiger partial charge < -0.3 is 28.9 Å². The number of nitriles is 2. The van der Waals surface area contributed by atoms with Crippen LogP contribution >= 0.6 is 0 Å². The van der Waals surface area contributed by atoms with Gasteiger partial charge >= 0.3 is 0 Å². The van der Waals surface area contributed by atoms with Crippen LogP contribution in [0.25, 0.3) is 45.7 Å². The summed E-state index contributed by atoms with van der Waals surface area (Å²) in [5, 5.41) is 41.6. The minimum absolute atomic E-state index is 0.0528. The Labute approximate surface area is 355 Å². The Morgan fingerprint density at radius 3 is 1.93 bits per heavy atom. The highest BCUT2D eigenvalue weighted by molar-refractivity contribution is 5.68. The fraction of sp³-hybridized carbons (Fsp3) is 0.362. The molecule has 2 aromatic heterocycles. The zero-order valence-electron chi connectivity index (χ0n) is 35.1. The van der Waals surface area contributed by atoms with Gasteiger partial charge in [0.2, 0.25) is 11.6 Å². The summed E-state index contributed by atoms with van der Waals surface area (Å²) in [7, 11) is 4.03. The van der Waals surface area contributed by atoms with Crippen LogP contribution in [-0.2, 0) is 12.8 Å². The zero-order valence-corrected chi connectivity index (χ0v) is 35.1. The van der Waals surface area contributed by atoms with E-state index in [1.54, 1.807) is 24.3 Å². The summed E-state index contributed by atoms with van der Waals surface area (Å²) in [5.41, 5.74) is 8.79. The number of aliphatic hydroxyl groups is 1. The van der Waals surface area contributed by atoms with Crippen LogP contribution in [0.5, 0.6) is 11.5 Å². The summed E-state index contributed by atoms with van der Waals surface area (Å²) in [6.45, 7) is 7.96. The van der Waals surface area contributed by atoms with Crippen LogP contribution < -0.4 is 14.8 Å². The molecule has 2 aliphatic rings. The van der Waals surface area contributed by atoms with Crippen LogP contribution in [0.2, 0.25) is 0 Å². The summed E-state index contributed by atoms with van der Waals surface area (Å²) in [4.78, 5) is 13.7. The van der Waals surface area contributed by atoms with Gasteiger partial charge in [-0.2, -0.15) is 20.5 Å². The topological polar surface area (TPSA) is 183 Å². The van der Waals surface area contributed by atoms with Gasteiger partial charge in [0.15, 0.2) is 0 Å². The highest BCUT2D eigenvalue weighted by Gasteiger charge is 2.30. The van der Waals surface area contributed by atoms with E-state index >= 15 is 0 Å². The van der Waals surface area contributed by atoms with E-state index < -0.39 is 0 Å². The van der Waals surface area contributed by atoms with Gasteiger partial charge in [-0.1, -0.05) is 46.7 Å². The predicted molar refractivity (Wildman–Crippen MR) is 228 cm³/mol. The molecular formula is C47H49N9O5. The number of nitrogens with one attached hydrogen (secondary N) is 1. The monoisotopic (exact) mass is 819 g/mol. The van der Waals surface area contributed by atoms with Crippen molar-refractivity contribution in [3.05, 3.63) is 106 Å². The van der Waals surface area contributed by atoms with E-state index in [4.69, 9.17) is 28.5 Å². The maximum atomic E-state index is 10.1. The number of aromatic nitrogens is 4. The van der Waals surface area contributed by atoms with Crippen LogP contribution in [0.3, 0.4) is 0 Å². The van der Waals surface area contributed by atoms with Gasteiger partial charge in [-0.15, -0.1) is 0 Å². The van der Waals surface area contributed by atoms with Crippen molar-refractivity contribution < 1.29 is 23.6 Å². The summed E-state index contributed by atoms with van der Waals surface area (Å²) in [6, 6.07) is 27.9. The fourth-order valence-electron chi connectivity index (χ4n) is 8.42. The van der Waals surface area contributed by atoms with Gasteiger partial charge in [0.1, 0.15) is 29.9 Å². The smallest absolute Gasteiger partial charge is 0.258 e. The quantitative estimate of drug-likeness (QED) is 0.0916. The second kappa shape index (κ2) is 18.1. The van der Waals surface area contributed by atoms with Gasteiger partial charge in [0.25, 0.3) is 11.8 Å². The third-order valence-electron chi connectivity index (χ3n) is 11.7. The molecule has 0 fully saturated rings. The number of likely N-dealkylation sites (N-methyl/N-ethyl adjacent to an activating group) is 2. The molecule has 0 bridgehead atoms. The Morgan fingerprint density at radius 2 is 1.34 bits per heavy atom. The largest absolute Gasteiger partial charge is 0.490 e. The van der Waals surface area contributed by atoms with Crippen LogP contribution in [0.1, 0.15) is 79.1 Å². The number of aliphatic hydroxyl groups excluding tert-OH is 1. The summed E-state index contributed by atoms with van der Waals surface area (Å²) >= 11 is 0. The molecule has 3 unspecified atom stereocenters. The molecule has 61 heavy (non-hydrogen) atoms. The minimum atomic E-state index is -0.312.